The molecule has 3 aromatic carbocycles. The molecule has 0 aromatic heterocycles. The number of rotatable bonds is 9. The summed E-state index contributed by atoms with van der Waals surface area (Å²) < 4.78 is 18.9. The minimum Gasteiger partial charge on any atom is -0.508 e. The van der Waals surface area contributed by atoms with Crippen LogP contribution in [0.15, 0.2) is 66.7 Å². The largest absolute Gasteiger partial charge is 0.508 e. The molecule has 6 N–H and O–H groups in total. The fraction of sp³-hybridized carbons (Fsp3) is 0.406. The highest BCUT2D eigenvalue weighted by Gasteiger charge is 2.49. The number of anilines is 1. The van der Waals surface area contributed by atoms with Crippen molar-refractivity contribution in [2.24, 2.45) is 5.92 Å². The smallest absolute Gasteiger partial charge is 0.233 e. The number of hydrogen-bond acceptors (Lipinski definition) is 8. The molecule has 224 valence electrons. The van der Waals surface area contributed by atoms with E-state index in [-0.39, 0.29) is 24.5 Å². The number of carbonyl (C=O) groups excluding carboxylic acids is 1. The highest BCUT2D eigenvalue weighted by Crippen LogP contribution is 2.48. The molecule has 3 aromatic rings. The average Bonchev–Trinajstić information content (AvgIpc) is 2.98. The second kappa shape index (κ2) is 12.5. The number of phenols is 1. The maximum Gasteiger partial charge on any atom is 0.233 e. The molecule has 9 nitrogen and oxygen atoms in total. The number of β-lactam (4-membered cyclic amide) rings is 1. The van der Waals surface area contributed by atoms with Crippen LogP contribution >= 0.6 is 0 Å². The molecule has 5 rings (SSSR count). The van der Waals surface area contributed by atoms with Crippen LogP contribution in [0.1, 0.15) is 47.2 Å². The van der Waals surface area contributed by atoms with Crippen molar-refractivity contribution in [3.8, 4) is 5.75 Å². The van der Waals surface area contributed by atoms with Gasteiger partial charge in [-0.1, -0.05) is 42.0 Å². The molecule has 2 heterocycles. The molecule has 0 aliphatic carbocycles. The van der Waals surface area contributed by atoms with Gasteiger partial charge in [-0.25, -0.2) is 4.39 Å². The minimum absolute atomic E-state index is 0.0733. The second-order valence-corrected chi connectivity index (χ2v) is 11.2. The summed E-state index contributed by atoms with van der Waals surface area (Å²) in [7, 11) is 0. The summed E-state index contributed by atoms with van der Waals surface area (Å²) in [6.45, 7) is 1.41. The first-order valence-electron chi connectivity index (χ1n) is 14.0. The SMILES string of the molecule is Cc1ccc(N2C(=O)[C@H](CC[C@H](O)c3ccc(F)cc3)[C@H]2c2ccc(C[C@@H]3OC(CO)[C@@H](O)[C@H](O)C3O)cc2O)cc1. The Balaban J connectivity index is 1.37. The standard InChI is InChI=1S/C32H36FNO8/c1-17-2-9-21(10-3-17)34-28(23(32(34)41)12-13-24(36)19-5-7-20(33)8-6-19)22-11-4-18(14-25(22)37)15-26-29(38)31(40)30(39)27(16-35)42-26/h2-11,14,23-24,26-31,35-40H,12-13,15-16H2,1H3/t23-,24+,26+,27?,28-,29?,30-,31-/m1/s1. The molecule has 0 saturated carbocycles. The summed E-state index contributed by atoms with van der Waals surface area (Å²) in [4.78, 5) is 15.0. The first-order valence-corrected chi connectivity index (χ1v) is 14.0. The highest BCUT2D eigenvalue weighted by atomic mass is 19.1. The van der Waals surface area contributed by atoms with Crippen LogP contribution in [0.25, 0.3) is 0 Å². The van der Waals surface area contributed by atoms with Crippen molar-refractivity contribution < 1.29 is 44.6 Å². The Bertz CT molecular complexity index is 1380. The Labute approximate surface area is 243 Å². The number of nitrogens with zero attached hydrogens (tertiary/aromatic N) is 1. The molecule has 2 aliphatic rings. The Morgan fingerprint density at radius 3 is 2.24 bits per heavy atom. The molecule has 42 heavy (non-hydrogen) atoms. The number of amides is 1. The first-order chi connectivity index (χ1) is 20.1. The Morgan fingerprint density at radius 2 is 1.60 bits per heavy atom. The molecule has 0 bridgehead atoms. The second-order valence-electron chi connectivity index (χ2n) is 11.2. The van der Waals surface area contributed by atoms with Gasteiger partial charge in [0.2, 0.25) is 5.91 Å². The van der Waals surface area contributed by atoms with Gasteiger partial charge in [0.25, 0.3) is 0 Å². The Morgan fingerprint density at radius 1 is 0.929 bits per heavy atom. The maximum absolute atomic E-state index is 13.4. The van der Waals surface area contributed by atoms with Gasteiger partial charge in [-0.3, -0.25) is 4.79 Å². The van der Waals surface area contributed by atoms with Crippen molar-refractivity contribution in [3.05, 3.63) is 94.8 Å². The van der Waals surface area contributed by atoms with Crippen LogP contribution in [0.3, 0.4) is 0 Å². The lowest BCUT2D eigenvalue weighted by Crippen LogP contribution is -2.59. The van der Waals surface area contributed by atoms with Gasteiger partial charge in [0, 0.05) is 17.7 Å². The van der Waals surface area contributed by atoms with Crippen molar-refractivity contribution in [1.82, 2.24) is 0 Å². The van der Waals surface area contributed by atoms with Crippen molar-refractivity contribution in [2.75, 3.05) is 11.5 Å². The molecule has 8 atom stereocenters. The number of hydrogen-bond donors (Lipinski definition) is 6. The van der Waals surface area contributed by atoms with E-state index in [0.717, 1.165) is 5.56 Å². The highest BCUT2D eigenvalue weighted by molar-refractivity contribution is 6.03. The molecule has 2 unspecified atom stereocenters. The van der Waals surface area contributed by atoms with Crippen LogP contribution in [0, 0.1) is 18.7 Å². The van der Waals surface area contributed by atoms with Gasteiger partial charge in [0.1, 0.15) is 36.0 Å². The van der Waals surface area contributed by atoms with Crippen molar-refractivity contribution in [2.45, 2.75) is 68.9 Å². The van der Waals surface area contributed by atoms with Crippen LogP contribution in [-0.4, -0.2) is 73.7 Å². The van der Waals surface area contributed by atoms with Crippen molar-refractivity contribution >= 4 is 11.6 Å². The van der Waals surface area contributed by atoms with Crippen molar-refractivity contribution in [1.29, 1.82) is 0 Å². The fourth-order valence-electron chi connectivity index (χ4n) is 5.91. The number of aryl methyl sites for hydroxylation is 1. The lowest BCUT2D eigenvalue weighted by Gasteiger charge is -2.48. The molecule has 0 radical (unpaired) electrons. The molecule has 2 aliphatic heterocycles. The van der Waals surface area contributed by atoms with E-state index in [2.05, 4.69) is 0 Å². The normalized spacial score (nSPS) is 28.4. The third-order valence-corrected chi connectivity index (χ3v) is 8.37. The number of ether oxygens (including phenoxy) is 1. The van der Waals surface area contributed by atoms with E-state index in [1.54, 1.807) is 17.0 Å². The average molecular weight is 582 g/mol. The number of phenolic OH excluding ortho intramolecular Hbond substituents is 1. The summed E-state index contributed by atoms with van der Waals surface area (Å²) in [6, 6.07) is 17.5. The first kappa shape index (κ1) is 30.1. The molecule has 0 spiro atoms. The van der Waals surface area contributed by atoms with Gasteiger partial charge in [0.15, 0.2) is 0 Å². The molecule has 2 saturated heterocycles. The van der Waals surface area contributed by atoms with E-state index >= 15 is 0 Å². The van der Waals surface area contributed by atoms with Crippen LogP contribution in [-0.2, 0) is 16.0 Å². The van der Waals surface area contributed by atoms with Crippen LogP contribution in [0.5, 0.6) is 5.75 Å². The van der Waals surface area contributed by atoms with E-state index < -0.39 is 61.0 Å². The van der Waals surface area contributed by atoms with Crippen molar-refractivity contribution in [3.63, 3.8) is 0 Å². The molecule has 1 amide bonds. The summed E-state index contributed by atoms with van der Waals surface area (Å²) in [5, 5.41) is 61.9. The summed E-state index contributed by atoms with van der Waals surface area (Å²) in [5.41, 5.74) is 3.35. The van der Waals surface area contributed by atoms with E-state index in [1.165, 1.54) is 30.3 Å². The number of aliphatic hydroxyl groups excluding tert-OH is 5. The van der Waals surface area contributed by atoms with Gasteiger partial charge >= 0.3 is 0 Å². The Kier molecular flexibility index (Phi) is 8.93. The topological polar surface area (TPSA) is 151 Å². The van der Waals surface area contributed by atoms with Crippen LogP contribution < -0.4 is 4.90 Å². The molecule has 2 fully saturated rings. The zero-order chi connectivity index (χ0) is 30.1. The zero-order valence-electron chi connectivity index (χ0n) is 23.1. The van der Waals surface area contributed by atoms with E-state index in [4.69, 9.17) is 4.74 Å². The van der Waals surface area contributed by atoms with Gasteiger partial charge in [-0.05, 0) is 61.2 Å². The summed E-state index contributed by atoms with van der Waals surface area (Å²) in [5.74, 6) is -1.14. The number of benzene rings is 3. The molecule has 10 heteroatoms. The molecular weight excluding hydrogens is 545 g/mol. The number of halogens is 1. The van der Waals surface area contributed by atoms with E-state index in [9.17, 15) is 39.8 Å². The third-order valence-electron chi connectivity index (χ3n) is 8.37. The molecular formula is C32H36FNO8. The van der Waals surface area contributed by atoms with Gasteiger partial charge < -0.3 is 40.3 Å². The number of carbonyl (C=O) groups is 1. The zero-order valence-corrected chi connectivity index (χ0v) is 23.1. The van der Waals surface area contributed by atoms with E-state index in [0.29, 0.717) is 28.8 Å². The maximum atomic E-state index is 13.4. The van der Waals surface area contributed by atoms with Gasteiger partial charge in [0.05, 0.1) is 30.8 Å². The van der Waals surface area contributed by atoms with Crippen LogP contribution in [0.4, 0.5) is 10.1 Å². The monoisotopic (exact) mass is 581 g/mol. The fourth-order valence-corrected chi connectivity index (χ4v) is 5.91. The minimum atomic E-state index is -1.50. The third kappa shape index (κ3) is 5.92. The van der Waals surface area contributed by atoms with Crippen LogP contribution in [0.2, 0.25) is 0 Å². The Hall–Kier alpha value is -3.38. The quantitative estimate of drug-likeness (QED) is 0.211. The van der Waals surface area contributed by atoms with Gasteiger partial charge in [-0.2, -0.15) is 0 Å². The predicted molar refractivity (Wildman–Crippen MR) is 151 cm³/mol. The van der Waals surface area contributed by atoms with E-state index in [1.807, 2.05) is 31.2 Å². The number of aliphatic hydroxyl groups is 5. The lowest BCUT2D eigenvalue weighted by molar-refractivity contribution is -0.228. The van der Waals surface area contributed by atoms with Gasteiger partial charge in [-0.15, -0.1) is 0 Å². The summed E-state index contributed by atoms with van der Waals surface area (Å²) >= 11 is 0. The number of aromatic hydroxyl groups is 1. The predicted octanol–water partition coefficient (Wildman–Crippen LogP) is 2.44. The lowest BCUT2D eigenvalue weighted by atomic mass is 9.77. The summed E-state index contributed by atoms with van der Waals surface area (Å²) in [6.07, 6.45) is -6.52.